The molecule has 0 fully saturated rings. The maximum Gasteiger partial charge on any atom is 0.407 e. The van der Waals surface area contributed by atoms with Gasteiger partial charge in [-0.2, -0.15) is 0 Å². The van der Waals surface area contributed by atoms with E-state index in [9.17, 15) is 19.2 Å². The molecule has 0 aliphatic heterocycles. The molecular formula is C35H43N7O5S2. The molecule has 2 heterocycles. The minimum Gasteiger partial charge on any atom is -0.444 e. The first-order valence-corrected chi connectivity index (χ1v) is 17.8. The topological polar surface area (TPSA) is 155 Å². The summed E-state index contributed by atoms with van der Waals surface area (Å²) in [5, 5.41) is 11.8. The number of benzene rings is 2. The first-order chi connectivity index (χ1) is 23.7. The number of nitrogens with zero attached hydrogens (tertiary/aromatic N) is 3. The number of urea groups is 1. The average Bonchev–Trinajstić information content (AvgIpc) is 3.81. The van der Waals surface area contributed by atoms with Gasteiger partial charge in [-0.05, 0) is 43.2 Å². The van der Waals surface area contributed by atoms with E-state index in [0.717, 1.165) is 20.9 Å². The molecule has 0 radical (unpaired) electrons. The number of alkyl carbamates (subject to hydrolysis) is 1. The van der Waals surface area contributed by atoms with Crippen molar-refractivity contribution in [3.8, 4) is 0 Å². The minimum atomic E-state index is -0.901. The van der Waals surface area contributed by atoms with Crippen LogP contribution in [0.1, 0.15) is 47.1 Å². The third-order valence-corrected chi connectivity index (χ3v) is 9.17. The standard InChI is InChI=1S/C35H43N7O5S2/c1-25(43)38-16-15-32(41-34(45)42(2)21-30-19-36-23-48-30)33(44)39-28(17-26-9-5-3-6-10-26)13-14-29(18-27-11-7-4-8-12-27)40-35(46)47-22-31-20-37-24-49-31/h3-12,19-20,23-24,28-29,32H,13-18,21-22H2,1-2H3,(H,38,43)(H,39,44)(H,40,46)(H,41,45). The van der Waals surface area contributed by atoms with Crippen LogP contribution in [-0.4, -0.2) is 70.5 Å². The van der Waals surface area contributed by atoms with E-state index in [2.05, 4.69) is 31.2 Å². The smallest absolute Gasteiger partial charge is 0.407 e. The number of rotatable bonds is 18. The second-order valence-electron chi connectivity index (χ2n) is 11.6. The first kappa shape index (κ1) is 37.0. The SMILES string of the molecule is CC(=O)NCCC(NC(=O)N(C)Cc1cncs1)C(=O)NC(CCC(Cc1ccccc1)NC(=O)OCc1cncs1)Cc1ccccc1. The molecule has 260 valence electrons. The Labute approximate surface area is 294 Å². The normalized spacial score (nSPS) is 12.6. The molecule has 4 N–H and O–H groups in total. The monoisotopic (exact) mass is 705 g/mol. The predicted molar refractivity (Wildman–Crippen MR) is 190 cm³/mol. The van der Waals surface area contributed by atoms with Crippen molar-refractivity contribution in [1.82, 2.24) is 36.1 Å². The van der Waals surface area contributed by atoms with Gasteiger partial charge in [0.2, 0.25) is 11.8 Å². The highest BCUT2D eigenvalue weighted by Gasteiger charge is 2.26. The second kappa shape index (κ2) is 19.9. The fourth-order valence-corrected chi connectivity index (χ4v) is 6.31. The lowest BCUT2D eigenvalue weighted by atomic mass is 9.95. The van der Waals surface area contributed by atoms with Crippen molar-refractivity contribution in [3.05, 3.63) is 105 Å². The van der Waals surface area contributed by atoms with Gasteiger partial charge in [-0.25, -0.2) is 9.59 Å². The summed E-state index contributed by atoms with van der Waals surface area (Å²) in [5.41, 5.74) is 5.48. The van der Waals surface area contributed by atoms with Crippen LogP contribution in [-0.2, 0) is 40.3 Å². The number of ether oxygens (including phenoxy) is 1. The number of aromatic nitrogens is 2. The summed E-state index contributed by atoms with van der Waals surface area (Å²) in [6, 6.07) is 17.8. The Kier molecular flexibility index (Phi) is 15.0. The van der Waals surface area contributed by atoms with E-state index in [1.165, 1.54) is 34.5 Å². The van der Waals surface area contributed by atoms with Crippen LogP contribution in [0.5, 0.6) is 0 Å². The van der Waals surface area contributed by atoms with Gasteiger partial charge in [0.15, 0.2) is 0 Å². The van der Waals surface area contributed by atoms with E-state index in [1.807, 2.05) is 60.7 Å². The summed E-state index contributed by atoms with van der Waals surface area (Å²) in [6.45, 7) is 2.09. The highest BCUT2D eigenvalue weighted by atomic mass is 32.1. The lowest BCUT2D eigenvalue weighted by Crippen LogP contribution is -2.53. The molecule has 0 spiro atoms. The largest absolute Gasteiger partial charge is 0.444 e. The number of carbonyl (C=O) groups is 4. The quantitative estimate of drug-likeness (QED) is 0.117. The zero-order chi connectivity index (χ0) is 34.8. The average molecular weight is 706 g/mol. The number of hydrogen-bond donors (Lipinski definition) is 4. The van der Waals surface area contributed by atoms with Gasteiger partial charge in [-0.1, -0.05) is 60.7 Å². The lowest BCUT2D eigenvalue weighted by Gasteiger charge is -2.27. The Hall–Kier alpha value is -4.82. The second-order valence-corrected chi connectivity index (χ2v) is 13.6. The van der Waals surface area contributed by atoms with Crippen molar-refractivity contribution < 1.29 is 23.9 Å². The van der Waals surface area contributed by atoms with Crippen molar-refractivity contribution >= 4 is 46.6 Å². The molecular weight excluding hydrogens is 663 g/mol. The summed E-state index contributed by atoms with van der Waals surface area (Å²) in [6.07, 6.45) is 5.23. The number of amides is 5. The van der Waals surface area contributed by atoms with E-state index < -0.39 is 18.2 Å². The minimum absolute atomic E-state index is 0.131. The zero-order valence-corrected chi connectivity index (χ0v) is 29.3. The van der Waals surface area contributed by atoms with Gasteiger partial charge in [0.25, 0.3) is 0 Å². The molecule has 12 nitrogen and oxygen atoms in total. The van der Waals surface area contributed by atoms with Crippen molar-refractivity contribution in [3.63, 3.8) is 0 Å². The fourth-order valence-electron chi connectivity index (χ4n) is 5.16. The van der Waals surface area contributed by atoms with Crippen LogP contribution >= 0.6 is 22.7 Å². The number of hydrogen-bond acceptors (Lipinski definition) is 9. The summed E-state index contributed by atoms with van der Waals surface area (Å²) >= 11 is 2.85. The number of thiazole rings is 2. The van der Waals surface area contributed by atoms with Gasteiger partial charge in [-0.15, -0.1) is 22.7 Å². The summed E-state index contributed by atoms with van der Waals surface area (Å²) < 4.78 is 5.47. The Bertz CT molecular complexity index is 1570. The molecule has 0 aliphatic rings. The van der Waals surface area contributed by atoms with Crippen molar-refractivity contribution in [2.45, 2.75) is 70.3 Å². The van der Waals surface area contributed by atoms with E-state index in [0.29, 0.717) is 32.2 Å². The molecule has 2 aromatic heterocycles. The van der Waals surface area contributed by atoms with Crippen LogP contribution in [0.4, 0.5) is 9.59 Å². The van der Waals surface area contributed by atoms with E-state index in [1.54, 1.807) is 30.5 Å². The van der Waals surface area contributed by atoms with E-state index in [4.69, 9.17) is 4.74 Å². The van der Waals surface area contributed by atoms with Crippen molar-refractivity contribution in [1.29, 1.82) is 0 Å². The maximum absolute atomic E-state index is 13.8. The first-order valence-electron chi connectivity index (χ1n) is 16.1. The molecule has 4 aromatic rings. The fraction of sp³-hybridized carbons (Fsp3) is 0.371. The third-order valence-electron chi connectivity index (χ3n) is 7.66. The van der Waals surface area contributed by atoms with E-state index in [-0.39, 0.29) is 43.5 Å². The molecule has 14 heteroatoms. The summed E-state index contributed by atoms with van der Waals surface area (Å²) in [5.74, 6) is -0.584. The molecule has 3 atom stereocenters. The molecule has 0 saturated heterocycles. The predicted octanol–water partition coefficient (Wildman–Crippen LogP) is 4.68. The number of nitrogens with one attached hydrogen (secondary N) is 4. The molecule has 5 amide bonds. The Morgan fingerprint density at radius 2 is 1.35 bits per heavy atom. The van der Waals surface area contributed by atoms with Gasteiger partial charge in [0.05, 0.1) is 22.4 Å². The van der Waals surface area contributed by atoms with Crippen LogP contribution in [0.25, 0.3) is 0 Å². The van der Waals surface area contributed by atoms with Crippen molar-refractivity contribution in [2.24, 2.45) is 0 Å². The molecule has 2 aromatic carbocycles. The van der Waals surface area contributed by atoms with Gasteiger partial charge >= 0.3 is 12.1 Å². The molecule has 0 bridgehead atoms. The maximum atomic E-state index is 13.8. The van der Waals surface area contributed by atoms with Crippen LogP contribution in [0.2, 0.25) is 0 Å². The van der Waals surface area contributed by atoms with Crippen LogP contribution in [0.3, 0.4) is 0 Å². The van der Waals surface area contributed by atoms with Gasteiger partial charge < -0.3 is 30.9 Å². The Morgan fingerprint density at radius 3 is 1.90 bits per heavy atom. The summed E-state index contributed by atoms with van der Waals surface area (Å²) in [4.78, 5) is 62.8. The highest BCUT2D eigenvalue weighted by molar-refractivity contribution is 7.09. The Balaban J connectivity index is 1.46. The molecule has 3 unspecified atom stereocenters. The zero-order valence-electron chi connectivity index (χ0n) is 27.7. The summed E-state index contributed by atoms with van der Waals surface area (Å²) in [7, 11) is 1.65. The molecule has 0 saturated carbocycles. The van der Waals surface area contributed by atoms with Gasteiger partial charge in [0, 0.05) is 49.9 Å². The number of carbonyl (C=O) groups excluding carboxylic acids is 4. The van der Waals surface area contributed by atoms with Gasteiger partial charge in [-0.3, -0.25) is 19.6 Å². The van der Waals surface area contributed by atoms with E-state index >= 15 is 0 Å². The molecule has 0 aliphatic carbocycles. The Morgan fingerprint density at radius 1 is 0.776 bits per heavy atom. The van der Waals surface area contributed by atoms with Crippen LogP contribution in [0.15, 0.2) is 84.1 Å². The van der Waals surface area contributed by atoms with Crippen LogP contribution < -0.4 is 21.3 Å². The molecule has 4 rings (SSSR count). The molecule has 49 heavy (non-hydrogen) atoms. The third kappa shape index (κ3) is 13.7. The highest BCUT2D eigenvalue weighted by Crippen LogP contribution is 2.15. The lowest BCUT2D eigenvalue weighted by molar-refractivity contribution is -0.124. The van der Waals surface area contributed by atoms with Crippen LogP contribution in [0, 0.1) is 0 Å². The van der Waals surface area contributed by atoms with Crippen molar-refractivity contribution in [2.75, 3.05) is 13.6 Å². The van der Waals surface area contributed by atoms with Gasteiger partial charge in [0.1, 0.15) is 12.6 Å².